The van der Waals surface area contributed by atoms with Gasteiger partial charge in [-0.25, -0.2) is 4.79 Å². The van der Waals surface area contributed by atoms with Gasteiger partial charge in [0.15, 0.2) is 0 Å². The number of carbonyl (C=O) groups is 1. The number of rotatable bonds is 5. The summed E-state index contributed by atoms with van der Waals surface area (Å²) in [7, 11) is 1.42. The Hall–Kier alpha value is -1.68. The Labute approximate surface area is 125 Å². The van der Waals surface area contributed by atoms with Crippen LogP contribution in [0.15, 0.2) is 43.0 Å². The molecule has 2 atom stereocenters. The van der Waals surface area contributed by atoms with E-state index in [0.717, 1.165) is 17.0 Å². The fourth-order valence-electron chi connectivity index (χ4n) is 2.61. The fourth-order valence-corrected chi connectivity index (χ4v) is 3.00. The smallest absolute Gasteiger partial charge is 0.328 e. The molecule has 1 aliphatic rings. The highest BCUT2D eigenvalue weighted by Gasteiger charge is 2.40. The highest BCUT2D eigenvalue weighted by molar-refractivity contribution is 7.80. The van der Waals surface area contributed by atoms with E-state index in [1.54, 1.807) is 0 Å². The van der Waals surface area contributed by atoms with Crippen molar-refractivity contribution in [3.63, 3.8) is 0 Å². The van der Waals surface area contributed by atoms with Crippen molar-refractivity contribution in [1.82, 2.24) is 4.90 Å². The van der Waals surface area contributed by atoms with Crippen molar-refractivity contribution in [1.29, 1.82) is 0 Å². The van der Waals surface area contributed by atoms with Crippen molar-refractivity contribution < 1.29 is 9.53 Å². The summed E-state index contributed by atoms with van der Waals surface area (Å²) in [4.78, 5) is 14.8. The van der Waals surface area contributed by atoms with Gasteiger partial charge in [-0.3, -0.25) is 0 Å². The number of esters is 1. The minimum absolute atomic E-state index is 0.204. The second kappa shape index (κ2) is 6.66. The zero-order chi connectivity index (χ0) is 14.5. The van der Waals surface area contributed by atoms with Gasteiger partial charge in [-0.15, -0.1) is 6.58 Å². The summed E-state index contributed by atoms with van der Waals surface area (Å²) < 4.78 is 4.91. The lowest BCUT2D eigenvalue weighted by atomic mass is 10.0. The van der Waals surface area contributed by atoms with Crippen molar-refractivity contribution in [2.75, 3.05) is 7.11 Å². The van der Waals surface area contributed by atoms with E-state index < -0.39 is 0 Å². The summed E-state index contributed by atoms with van der Waals surface area (Å²) in [6, 6.07) is 9.75. The van der Waals surface area contributed by atoms with Crippen molar-refractivity contribution >= 4 is 23.2 Å². The molecule has 106 valence electrons. The first-order chi connectivity index (χ1) is 9.67. The highest BCUT2D eigenvalue weighted by Crippen LogP contribution is 2.31. The van der Waals surface area contributed by atoms with Crippen LogP contribution in [0.2, 0.25) is 0 Å². The maximum atomic E-state index is 12.0. The van der Waals surface area contributed by atoms with E-state index in [4.69, 9.17) is 17.0 Å². The van der Waals surface area contributed by atoms with E-state index in [0.29, 0.717) is 13.0 Å². The molecule has 0 spiro atoms. The summed E-state index contributed by atoms with van der Waals surface area (Å²) in [5.74, 6) is -0.00912. The first-order valence-corrected chi connectivity index (χ1v) is 7.11. The van der Waals surface area contributed by atoms with Crippen LogP contribution in [-0.4, -0.2) is 29.0 Å². The topological polar surface area (TPSA) is 29.5 Å². The molecule has 20 heavy (non-hydrogen) atoms. The monoisotopic (exact) mass is 289 g/mol. The molecule has 0 aromatic heterocycles. The number of carbonyl (C=O) groups excluding carboxylic acids is 1. The van der Waals surface area contributed by atoms with Crippen LogP contribution in [0.1, 0.15) is 18.4 Å². The predicted octanol–water partition coefficient (Wildman–Crippen LogP) is 2.95. The Morgan fingerprint density at radius 3 is 2.80 bits per heavy atom. The summed E-state index contributed by atoms with van der Waals surface area (Å²) in [6.45, 7) is 4.41. The quantitative estimate of drug-likeness (QED) is 0.473. The molecule has 0 aliphatic carbocycles. The van der Waals surface area contributed by atoms with E-state index in [-0.39, 0.29) is 17.9 Å². The lowest BCUT2D eigenvalue weighted by Crippen LogP contribution is -2.38. The lowest BCUT2D eigenvalue weighted by Gasteiger charge is -2.25. The number of benzene rings is 1. The third-order valence-corrected chi connectivity index (χ3v) is 4.20. The largest absolute Gasteiger partial charge is 0.467 e. The van der Waals surface area contributed by atoms with Gasteiger partial charge in [0, 0.05) is 12.5 Å². The van der Waals surface area contributed by atoms with Crippen molar-refractivity contribution in [3.05, 3.63) is 48.6 Å². The molecule has 1 aromatic carbocycles. The number of likely N-dealkylation sites (tertiary alicyclic amines) is 1. The van der Waals surface area contributed by atoms with Crippen LogP contribution in [0.4, 0.5) is 0 Å². The van der Waals surface area contributed by atoms with Gasteiger partial charge in [-0.1, -0.05) is 48.6 Å². The predicted molar refractivity (Wildman–Crippen MR) is 83.3 cm³/mol. The Morgan fingerprint density at radius 1 is 1.50 bits per heavy atom. The highest BCUT2D eigenvalue weighted by atomic mass is 32.1. The van der Waals surface area contributed by atoms with Gasteiger partial charge in [-0.05, 0) is 18.4 Å². The number of thiocarbonyl (C=S) groups is 1. The average Bonchev–Trinajstić information content (AvgIpc) is 2.77. The molecule has 0 bridgehead atoms. The van der Waals surface area contributed by atoms with Gasteiger partial charge in [-0.2, -0.15) is 0 Å². The second-order valence-corrected chi connectivity index (χ2v) is 5.37. The minimum atomic E-state index is -0.280. The summed E-state index contributed by atoms with van der Waals surface area (Å²) in [5, 5.41) is 0. The molecule has 1 aliphatic heterocycles. The maximum Gasteiger partial charge on any atom is 0.328 e. The first-order valence-electron chi connectivity index (χ1n) is 6.70. The van der Waals surface area contributed by atoms with Gasteiger partial charge < -0.3 is 9.64 Å². The normalized spacial score (nSPS) is 21.9. The van der Waals surface area contributed by atoms with Crippen molar-refractivity contribution in [3.8, 4) is 0 Å². The van der Waals surface area contributed by atoms with Crippen LogP contribution in [0.25, 0.3) is 0 Å². The van der Waals surface area contributed by atoms with Crippen LogP contribution in [0, 0.1) is 5.92 Å². The molecule has 0 N–H and O–H groups in total. The zero-order valence-electron chi connectivity index (χ0n) is 11.6. The number of hydrogen-bond acceptors (Lipinski definition) is 3. The number of ether oxygens (including phenoxy) is 1. The molecule has 0 amide bonds. The molecule has 1 saturated heterocycles. The first kappa shape index (κ1) is 14.7. The zero-order valence-corrected chi connectivity index (χ0v) is 12.4. The van der Waals surface area contributed by atoms with E-state index in [1.807, 2.05) is 41.3 Å². The van der Waals surface area contributed by atoms with Gasteiger partial charge in [0.2, 0.25) is 0 Å². The summed E-state index contributed by atoms with van der Waals surface area (Å²) >= 11 is 5.54. The molecular weight excluding hydrogens is 270 g/mol. The summed E-state index contributed by atoms with van der Waals surface area (Å²) in [6.07, 6.45) is 3.37. The van der Waals surface area contributed by atoms with Gasteiger partial charge >= 0.3 is 5.97 Å². The van der Waals surface area contributed by atoms with E-state index >= 15 is 0 Å². The second-order valence-electron chi connectivity index (χ2n) is 4.95. The maximum absolute atomic E-state index is 12.0. The SMILES string of the molecule is C=CC[C@H]1C[C@@H](C(=O)OC)N(Cc2ccccc2)C1=S. The van der Waals surface area contributed by atoms with Gasteiger partial charge in [0.05, 0.1) is 12.1 Å². The minimum Gasteiger partial charge on any atom is -0.467 e. The molecule has 1 fully saturated rings. The molecular formula is C16H19NO2S. The van der Waals surface area contributed by atoms with E-state index in [1.165, 1.54) is 7.11 Å². The summed E-state index contributed by atoms with van der Waals surface area (Å²) in [5.41, 5.74) is 1.14. The third kappa shape index (κ3) is 3.07. The van der Waals surface area contributed by atoms with Crippen LogP contribution < -0.4 is 0 Å². The van der Waals surface area contributed by atoms with Crippen molar-refractivity contribution in [2.45, 2.75) is 25.4 Å². The average molecular weight is 289 g/mol. The number of allylic oxidation sites excluding steroid dienone is 1. The van der Waals surface area contributed by atoms with Crippen LogP contribution in [-0.2, 0) is 16.1 Å². The Balaban J connectivity index is 2.19. The van der Waals surface area contributed by atoms with Crippen molar-refractivity contribution in [2.24, 2.45) is 5.92 Å². The third-order valence-electron chi connectivity index (χ3n) is 3.64. The Bertz CT molecular complexity index is 500. The molecule has 0 unspecified atom stereocenters. The Morgan fingerprint density at radius 2 is 2.20 bits per heavy atom. The van der Waals surface area contributed by atoms with E-state index in [9.17, 15) is 4.79 Å². The van der Waals surface area contributed by atoms with Crippen LogP contribution in [0.3, 0.4) is 0 Å². The molecule has 1 heterocycles. The van der Waals surface area contributed by atoms with Crippen LogP contribution in [0.5, 0.6) is 0 Å². The standard InChI is InChI=1S/C16H19NO2S/c1-3-7-13-10-14(16(18)19-2)17(15(13)20)11-12-8-5-4-6-9-12/h3-6,8-9,13-14H,1,7,10-11H2,2H3/t13-,14-/m0/s1. The van der Waals surface area contributed by atoms with Crippen LogP contribution >= 0.6 is 12.2 Å². The molecule has 2 rings (SSSR count). The number of hydrogen-bond donors (Lipinski definition) is 0. The van der Waals surface area contributed by atoms with Gasteiger partial charge in [0.1, 0.15) is 6.04 Å². The number of nitrogens with zero attached hydrogens (tertiary/aromatic N) is 1. The van der Waals surface area contributed by atoms with Gasteiger partial charge in [0.25, 0.3) is 0 Å². The Kier molecular flexibility index (Phi) is 4.90. The molecule has 0 saturated carbocycles. The molecule has 1 aromatic rings. The molecule has 0 radical (unpaired) electrons. The fraction of sp³-hybridized carbons (Fsp3) is 0.375. The lowest BCUT2D eigenvalue weighted by molar-refractivity contribution is -0.145. The molecule has 4 heteroatoms. The number of methoxy groups -OCH3 is 1. The molecule has 3 nitrogen and oxygen atoms in total. The van der Waals surface area contributed by atoms with E-state index in [2.05, 4.69) is 6.58 Å².